The van der Waals surface area contributed by atoms with Crippen LogP contribution in [-0.4, -0.2) is 63.5 Å². The van der Waals surface area contributed by atoms with Crippen molar-refractivity contribution in [2.45, 2.75) is 50.9 Å². The van der Waals surface area contributed by atoms with Gasteiger partial charge in [-0.2, -0.15) is 0 Å². The minimum Gasteiger partial charge on any atom is -0.370 e. The summed E-state index contributed by atoms with van der Waals surface area (Å²) in [6, 6.07) is 15.2. The molecule has 8 heteroatoms. The van der Waals surface area contributed by atoms with E-state index in [0.717, 1.165) is 36.8 Å². The molecule has 0 bridgehead atoms. The summed E-state index contributed by atoms with van der Waals surface area (Å²) in [4.78, 5) is 34.3. The number of carbonyl (C=O) groups is 2. The van der Waals surface area contributed by atoms with Gasteiger partial charge in [0.1, 0.15) is 6.54 Å². The van der Waals surface area contributed by atoms with Crippen LogP contribution in [0, 0.1) is 0 Å². The van der Waals surface area contributed by atoms with Gasteiger partial charge in [-0.1, -0.05) is 54.8 Å². The number of amides is 2. The molecule has 0 spiro atoms. The van der Waals surface area contributed by atoms with Crippen molar-refractivity contribution in [3.63, 3.8) is 0 Å². The highest BCUT2D eigenvalue weighted by molar-refractivity contribution is 5.96. The molecule has 182 valence electrons. The number of hydrogen-bond acceptors (Lipinski definition) is 6. The zero-order valence-corrected chi connectivity index (χ0v) is 19.7. The number of benzene rings is 1. The fourth-order valence-corrected chi connectivity index (χ4v) is 4.92. The van der Waals surface area contributed by atoms with E-state index in [1.165, 1.54) is 6.42 Å². The summed E-state index contributed by atoms with van der Waals surface area (Å²) in [5.41, 5.74) is 2.03. The first-order valence-corrected chi connectivity index (χ1v) is 12.3. The Bertz CT molecular complexity index is 1130. The van der Waals surface area contributed by atoms with Crippen molar-refractivity contribution in [1.82, 2.24) is 19.9 Å². The minimum atomic E-state index is -0.327. The second-order valence-electron chi connectivity index (χ2n) is 9.25. The second kappa shape index (κ2) is 10.8. The maximum atomic E-state index is 13.4. The number of nitrogens with zero attached hydrogens (tertiary/aromatic N) is 4. The molecule has 2 aliphatic rings. The van der Waals surface area contributed by atoms with Crippen molar-refractivity contribution in [1.29, 1.82) is 0 Å². The average molecular weight is 475 g/mol. The van der Waals surface area contributed by atoms with Gasteiger partial charge in [0, 0.05) is 43.2 Å². The van der Waals surface area contributed by atoms with Crippen LogP contribution in [0.25, 0.3) is 11.3 Å². The van der Waals surface area contributed by atoms with Crippen LogP contribution in [0.4, 0.5) is 0 Å². The molecule has 35 heavy (non-hydrogen) atoms. The molecular weight excluding hydrogens is 444 g/mol. The molecule has 1 saturated carbocycles. The second-order valence-corrected chi connectivity index (χ2v) is 9.25. The highest BCUT2D eigenvalue weighted by Crippen LogP contribution is 2.26. The molecule has 2 aromatic heterocycles. The lowest BCUT2D eigenvalue weighted by molar-refractivity contribution is -0.134. The Morgan fingerprint density at radius 2 is 1.80 bits per heavy atom. The van der Waals surface area contributed by atoms with Gasteiger partial charge in [0.05, 0.1) is 12.7 Å². The van der Waals surface area contributed by atoms with Gasteiger partial charge in [-0.15, -0.1) is 0 Å². The van der Waals surface area contributed by atoms with E-state index >= 15 is 0 Å². The molecule has 2 amide bonds. The number of pyridine rings is 1. The van der Waals surface area contributed by atoms with Gasteiger partial charge in [-0.3, -0.25) is 14.6 Å². The van der Waals surface area contributed by atoms with Crippen molar-refractivity contribution < 1.29 is 18.8 Å². The van der Waals surface area contributed by atoms with E-state index < -0.39 is 0 Å². The Balaban J connectivity index is 1.35. The Kier molecular flexibility index (Phi) is 7.18. The van der Waals surface area contributed by atoms with Crippen LogP contribution in [0.15, 0.2) is 65.4 Å². The Morgan fingerprint density at radius 3 is 2.57 bits per heavy atom. The lowest BCUT2D eigenvalue weighted by atomic mass is 9.94. The van der Waals surface area contributed by atoms with E-state index in [2.05, 4.69) is 10.1 Å². The lowest BCUT2D eigenvalue weighted by Crippen LogP contribution is -2.46. The van der Waals surface area contributed by atoms with E-state index in [4.69, 9.17) is 9.26 Å². The first-order valence-electron chi connectivity index (χ1n) is 12.3. The molecule has 1 unspecified atom stereocenters. The standard InChI is InChI=1S/C27H30N4O4/c32-26-18-30(27(33)24-15-25(35-29-24)21-7-3-1-4-8-21)16-23(34-19-20-11-13-28-14-12-20)17-31(26)22-9-5-2-6-10-22/h1,3-4,7-8,11-15,22-23H,2,5-6,9-10,16-19H2. The van der Waals surface area contributed by atoms with Crippen LogP contribution in [0.1, 0.15) is 48.2 Å². The summed E-state index contributed by atoms with van der Waals surface area (Å²) >= 11 is 0. The third-order valence-corrected chi connectivity index (χ3v) is 6.80. The molecule has 0 N–H and O–H groups in total. The van der Waals surface area contributed by atoms with Crippen molar-refractivity contribution in [2.75, 3.05) is 19.6 Å². The number of hydrogen-bond donors (Lipinski definition) is 0. The topological polar surface area (TPSA) is 88.8 Å². The Hall–Kier alpha value is -3.52. The maximum Gasteiger partial charge on any atom is 0.276 e. The maximum absolute atomic E-state index is 13.4. The number of rotatable bonds is 6. The number of carbonyl (C=O) groups excluding carboxylic acids is 2. The molecular formula is C27H30N4O4. The van der Waals surface area contributed by atoms with E-state index in [-0.39, 0.29) is 36.2 Å². The predicted octanol–water partition coefficient (Wildman–Crippen LogP) is 3.94. The fourth-order valence-electron chi connectivity index (χ4n) is 4.92. The number of aromatic nitrogens is 2. The highest BCUT2D eigenvalue weighted by atomic mass is 16.5. The van der Waals surface area contributed by atoms with Gasteiger partial charge in [0.25, 0.3) is 5.91 Å². The quantitative estimate of drug-likeness (QED) is 0.538. The SMILES string of the molecule is O=C(c1cc(-c2ccccc2)on1)N1CC(=O)N(C2CCCCC2)CC(OCc2ccncc2)C1. The molecule has 8 nitrogen and oxygen atoms in total. The summed E-state index contributed by atoms with van der Waals surface area (Å²) in [7, 11) is 0. The lowest BCUT2D eigenvalue weighted by Gasteiger charge is -2.34. The van der Waals surface area contributed by atoms with Crippen molar-refractivity contribution in [2.24, 2.45) is 0 Å². The van der Waals surface area contributed by atoms with Crippen LogP contribution in [0.2, 0.25) is 0 Å². The molecule has 1 atom stereocenters. The summed E-state index contributed by atoms with van der Waals surface area (Å²) in [5.74, 6) is 0.156. The first-order chi connectivity index (χ1) is 17.2. The van der Waals surface area contributed by atoms with Gasteiger partial charge >= 0.3 is 0 Å². The molecule has 3 aromatic rings. The molecule has 1 aromatic carbocycles. The van der Waals surface area contributed by atoms with Crippen molar-refractivity contribution in [3.05, 3.63) is 72.2 Å². The van der Waals surface area contributed by atoms with Gasteiger partial charge in [0.15, 0.2) is 11.5 Å². The fraction of sp³-hybridized carbons (Fsp3) is 0.407. The normalized spacial score (nSPS) is 19.5. The van der Waals surface area contributed by atoms with Crippen molar-refractivity contribution in [3.8, 4) is 11.3 Å². The summed E-state index contributed by atoms with van der Waals surface area (Å²) in [6.07, 6.45) is 8.62. The molecule has 2 fully saturated rings. The number of ether oxygens (including phenoxy) is 1. The van der Waals surface area contributed by atoms with Gasteiger partial charge in [-0.25, -0.2) is 0 Å². The van der Waals surface area contributed by atoms with Crippen LogP contribution < -0.4 is 0 Å². The van der Waals surface area contributed by atoms with Crippen molar-refractivity contribution >= 4 is 11.8 Å². The molecule has 1 aliphatic carbocycles. The monoisotopic (exact) mass is 474 g/mol. The van der Waals surface area contributed by atoms with Crippen LogP contribution in [0.3, 0.4) is 0 Å². The van der Waals surface area contributed by atoms with Crippen LogP contribution >= 0.6 is 0 Å². The zero-order valence-electron chi connectivity index (χ0n) is 19.7. The van der Waals surface area contributed by atoms with Crippen LogP contribution in [0.5, 0.6) is 0 Å². The van der Waals surface area contributed by atoms with Gasteiger partial charge in [-0.05, 0) is 30.5 Å². The van der Waals surface area contributed by atoms with Crippen LogP contribution in [-0.2, 0) is 16.1 Å². The zero-order chi connectivity index (χ0) is 24.0. The Labute approximate surface area is 204 Å². The van der Waals surface area contributed by atoms with E-state index in [9.17, 15) is 9.59 Å². The molecule has 5 rings (SSSR count). The van der Waals surface area contributed by atoms with Gasteiger partial charge in [0.2, 0.25) is 5.91 Å². The summed E-state index contributed by atoms with van der Waals surface area (Å²) < 4.78 is 11.7. The molecule has 0 radical (unpaired) electrons. The summed E-state index contributed by atoms with van der Waals surface area (Å²) in [6.45, 7) is 1.20. The predicted molar refractivity (Wildman–Crippen MR) is 129 cm³/mol. The van der Waals surface area contributed by atoms with E-state index in [1.807, 2.05) is 47.4 Å². The Morgan fingerprint density at radius 1 is 1.03 bits per heavy atom. The van der Waals surface area contributed by atoms with E-state index in [1.54, 1.807) is 23.4 Å². The molecule has 3 heterocycles. The molecule has 1 saturated heterocycles. The molecule has 1 aliphatic heterocycles. The smallest absolute Gasteiger partial charge is 0.276 e. The largest absolute Gasteiger partial charge is 0.370 e. The van der Waals surface area contributed by atoms with E-state index in [0.29, 0.717) is 25.5 Å². The third kappa shape index (κ3) is 5.59. The average Bonchev–Trinajstić information content (AvgIpc) is 3.34. The third-order valence-electron chi connectivity index (χ3n) is 6.80. The first kappa shape index (κ1) is 23.2. The minimum absolute atomic E-state index is 0.0119. The van der Waals surface area contributed by atoms with Gasteiger partial charge < -0.3 is 19.1 Å². The highest BCUT2D eigenvalue weighted by Gasteiger charge is 2.36. The summed E-state index contributed by atoms with van der Waals surface area (Å²) in [5, 5.41) is 4.01.